The molecule has 1 fully saturated rings. The SMILES string of the molecule is CCc1cccc(NC(N)=NCCC2CCN(C)CC2)c1.I. The second-order valence-electron chi connectivity index (χ2n) is 5.98. The number of nitrogens with one attached hydrogen (secondary N) is 1. The molecule has 1 saturated heterocycles. The van der Waals surface area contributed by atoms with Gasteiger partial charge in [0.25, 0.3) is 0 Å². The van der Waals surface area contributed by atoms with Crippen molar-refractivity contribution in [3.8, 4) is 0 Å². The molecule has 2 rings (SSSR count). The van der Waals surface area contributed by atoms with E-state index in [0.29, 0.717) is 5.96 Å². The molecule has 0 atom stereocenters. The largest absolute Gasteiger partial charge is 0.370 e. The minimum absolute atomic E-state index is 0. The molecule has 1 heterocycles. The summed E-state index contributed by atoms with van der Waals surface area (Å²) in [5.41, 5.74) is 8.29. The highest BCUT2D eigenvalue weighted by atomic mass is 127. The van der Waals surface area contributed by atoms with E-state index in [4.69, 9.17) is 5.73 Å². The van der Waals surface area contributed by atoms with Crippen molar-refractivity contribution < 1.29 is 0 Å². The third-order valence-corrected chi connectivity index (χ3v) is 4.27. The molecule has 1 aromatic rings. The number of benzene rings is 1. The lowest BCUT2D eigenvalue weighted by atomic mass is 9.94. The fourth-order valence-electron chi connectivity index (χ4n) is 2.77. The molecular formula is C17H29IN4. The van der Waals surface area contributed by atoms with Gasteiger partial charge in [0, 0.05) is 12.2 Å². The Hall–Kier alpha value is -0.820. The van der Waals surface area contributed by atoms with Crippen molar-refractivity contribution in [1.29, 1.82) is 0 Å². The monoisotopic (exact) mass is 416 g/mol. The van der Waals surface area contributed by atoms with Crippen LogP contribution in [0.4, 0.5) is 5.69 Å². The molecule has 22 heavy (non-hydrogen) atoms. The summed E-state index contributed by atoms with van der Waals surface area (Å²) in [5, 5.41) is 3.18. The smallest absolute Gasteiger partial charge is 0.193 e. The normalized spacial score (nSPS) is 17.1. The van der Waals surface area contributed by atoms with E-state index in [1.165, 1.54) is 31.5 Å². The van der Waals surface area contributed by atoms with Gasteiger partial charge in [-0.05, 0) is 69.4 Å². The number of nitrogens with two attached hydrogens (primary N) is 1. The molecule has 0 spiro atoms. The molecule has 0 unspecified atom stereocenters. The third kappa shape index (κ3) is 6.52. The van der Waals surface area contributed by atoms with E-state index in [9.17, 15) is 0 Å². The standard InChI is InChI=1S/C17H28N4.HI/c1-3-14-5-4-6-16(13-14)20-17(18)19-10-7-15-8-11-21(2)12-9-15;/h4-6,13,15H,3,7-12H2,1-2H3,(H3,18,19,20);1H. The van der Waals surface area contributed by atoms with Crippen molar-refractivity contribution in [1.82, 2.24) is 4.90 Å². The van der Waals surface area contributed by atoms with Gasteiger partial charge in [0.1, 0.15) is 0 Å². The highest BCUT2D eigenvalue weighted by Gasteiger charge is 2.15. The van der Waals surface area contributed by atoms with Gasteiger partial charge in [-0.15, -0.1) is 24.0 Å². The number of hydrogen-bond acceptors (Lipinski definition) is 2. The topological polar surface area (TPSA) is 53.6 Å². The summed E-state index contributed by atoms with van der Waals surface area (Å²) >= 11 is 0. The van der Waals surface area contributed by atoms with Crippen LogP contribution in [0, 0.1) is 5.92 Å². The van der Waals surface area contributed by atoms with E-state index in [1.54, 1.807) is 0 Å². The molecule has 0 radical (unpaired) electrons. The fourth-order valence-corrected chi connectivity index (χ4v) is 2.77. The predicted octanol–water partition coefficient (Wildman–Crippen LogP) is 3.33. The summed E-state index contributed by atoms with van der Waals surface area (Å²) in [7, 11) is 2.20. The Labute approximate surface area is 151 Å². The van der Waals surface area contributed by atoms with Crippen LogP contribution in [0.2, 0.25) is 0 Å². The third-order valence-electron chi connectivity index (χ3n) is 4.27. The number of guanidine groups is 1. The van der Waals surface area contributed by atoms with Gasteiger partial charge in [-0.1, -0.05) is 19.1 Å². The van der Waals surface area contributed by atoms with E-state index in [2.05, 4.69) is 41.3 Å². The number of aryl methyl sites for hydroxylation is 1. The zero-order chi connectivity index (χ0) is 15.1. The molecule has 0 aliphatic carbocycles. The van der Waals surface area contributed by atoms with Crippen LogP contribution in [0.15, 0.2) is 29.3 Å². The predicted molar refractivity (Wildman–Crippen MR) is 106 cm³/mol. The molecule has 0 aromatic heterocycles. The van der Waals surface area contributed by atoms with Crippen molar-refractivity contribution >= 4 is 35.6 Å². The van der Waals surface area contributed by atoms with Crippen LogP contribution in [0.1, 0.15) is 31.7 Å². The molecule has 0 saturated carbocycles. The quantitative estimate of drug-likeness (QED) is 0.440. The van der Waals surface area contributed by atoms with Gasteiger partial charge in [0.2, 0.25) is 0 Å². The maximum atomic E-state index is 5.97. The Bertz CT molecular complexity index is 467. The Morgan fingerprint density at radius 1 is 1.36 bits per heavy atom. The van der Waals surface area contributed by atoms with Gasteiger partial charge < -0.3 is 16.0 Å². The number of piperidine rings is 1. The number of anilines is 1. The zero-order valence-electron chi connectivity index (χ0n) is 13.7. The van der Waals surface area contributed by atoms with Crippen molar-refractivity contribution in [3.63, 3.8) is 0 Å². The van der Waals surface area contributed by atoms with Gasteiger partial charge in [0.05, 0.1) is 0 Å². The summed E-state index contributed by atoms with van der Waals surface area (Å²) < 4.78 is 0. The fraction of sp³-hybridized carbons (Fsp3) is 0.588. The molecule has 0 bridgehead atoms. The van der Waals surface area contributed by atoms with Crippen molar-refractivity contribution in [2.45, 2.75) is 32.6 Å². The number of halogens is 1. The molecule has 124 valence electrons. The number of aliphatic imine (C=N–C) groups is 1. The van der Waals surface area contributed by atoms with E-state index in [0.717, 1.165) is 31.0 Å². The first kappa shape index (κ1) is 19.2. The highest BCUT2D eigenvalue weighted by molar-refractivity contribution is 14.0. The van der Waals surface area contributed by atoms with Crippen LogP contribution in [0.3, 0.4) is 0 Å². The number of nitrogens with zero attached hydrogens (tertiary/aromatic N) is 2. The molecule has 1 aromatic carbocycles. The minimum Gasteiger partial charge on any atom is -0.370 e. The molecule has 1 aliphatic heterocycles. The van der Waals surface area contributed by atoms with Gasteiger partial charge in [-0.3, -0.25) is 4.99 Å². The molecular weight excluding hydrogens is 387 g/mol. The van der Waals surface area contributed by atoms with Crippen LogP contribution in [0.5, 0.6) is 0 Å². The molecule has 1 aliphatic rings. The van der Waals surface area contributed by atoms with Crippen LogP contribution in [0.25, 0.3) is 0 Å². The van der Waals surface area contributed by atoms with Gasteiger partial charge >= 0.3 is 0 Å². The highest BCUT2D eigenvalue weighted by Crippen LogP contribution is 2.19. The first-order chi connectivity index (χ1) is 10.2. The van der Waals surface area contributed by atoms with Crippen LogP contribution in [-0.2, 0) is 6.42 Å². The van der Waals surface area contributed by atoms with Gasteiger partial charge in [0.15, 0.2) is 5.96 Å². The van der Waals surface area contributed by atoms with E-state index in [-0.39, 0.29) is 24.0 Å². The number of hydrogen-bond donors (Lipinski definition) is 2. The molecule has 0 amide bonds. The van der Waals surface area contributed by atoms with Crippen molar-refractivity contribution in [3.05, 3.63) is 29.8 Å². The van der Waals surface area contributed by atoms with Crippen LogP contribution in [-0.4, -0.2) is 37.5 Å². The minimum atomic E-state index is 0. The molecule has 3 N–H and O–H groups in total. The summed E-state index contributed by atoms with van der Waals surface area (Å²) in [6.45, 7) is 5.40. The van der Waals surface area contributed by atoms with Crippen LogP contribution >= 0.6 is 24.0 Å². The lowest BCUT2D eigenvalue weighted by Gasteiger charge is -2.28. The number of likely N-dealkylation sites (tertiary alicyclic amines) is 1. The average molecular weight is 416 g/mol. The second-order valence-corrected chi connectivity index (χ2v) is 5.98. The molecule has 4 nitrogen and oxygen atoms in total. The van der Waals surface area contributed by atoms with E-state index >= 15 is 0 Å². The first-order valence-corrected chi connectivity index (χ1v) is 8.01. The van der Waals surface area contributed by atoms with Crippen molar-refractivity contribution in [2.75, 3.05) is 32.0 Å². The summed E-state index contributed by atoms with van der Waals surface area (Å²) in [6, 6.07) is 8.32. The maximum absolute atomic E-state index is 5.97. The zero-order valence-corrected chi connectivity index (χ0v) is 16.0. The summed E-state index contributed by atoms with van der Waals surface area (Å²) in [4.78, 5) is 6.86. The average Bonchev–Trinajstić information content (AvgIpc) is 2.49. The first-order valence-electron chi connectivity index (χ1n) is 8.01. The molecule has 5 heteroatoms. The Kier molecular flexibility index (Phi) is 8.78. The lowest BCUT2D eigenvalue weighted by Crippen LogP contribution is -2.30. The van der Waals surface area contributed by atoms with Crippen molar-refractivity contribution in [2.24, 2.45) is 16.6 Å². The Morgan fingerprint density at radius 2 is 2.09 bits per heavy atom. The lowest BCUT2D eigenvalue weighted by molar-refractivity contribution is 0.214. The Morgan fingerprint density at radius 3 is 2.77 bits per heavy atom. The van der Waals surface area contributed by atoms with Crippen LogP contribution < -0.4 is 11.1 Å². The van der Waals surface area contributed by atoms with E-state index < -0.39 is 0 Å². The van der Waals surface area contributed by atoms with Gasteiger partial charge in [-0.25, -0.2) is 0 Å². The second kappa shape index (κ2) is 10.0. The summed E-state index contributed by atoms with van der Waals surface area (Å²) in [6.07, 6.45) is 4.75. The van der Waals surface area contributed by atoms with E-state index in [1.807, 2.05) is 12.1 Å². The number of rotatable bonds is 5. The maximum Gasteiger partial charge on any atom is 0.193 e. The van der Waals surface area contributed by atoms with Gasteiger partial charge in [-0.2, -0.15) is 0 Å². The Balaban J connectivity index is 0.00000242. The summed E-state index contributed by atoms with van der Waals surface area (Å²) in [5.74, 6) is 1.33.